The normalized spacial score (nSPS) is 18.5. The first-order valence-corrected chi connectivity index (χ1v) is 8.49. The van der Waals surface area contributed by atoms with Gasteiger partial charge < -0.3 is 20.1 Å². The molecular formula is C18H28ClFN2O3. The van der Waals surface area contributed by atoms with Crippen LogP contribution in [0.1, 0.15) is 31.9 Å². The largest absolute Gasteiger partial charge is 0.387 e. The van der Waals surface area contributed by atoms with Crippen LogP contribution in [0.2, 0.25) is 0 Å². The van der Waals surface area contributed by atoms with E-state index < -0.39 is 6.10 Å². The molecular weight excluding hydrogens is 347 g/mol. The average Bonchev–Trinajstić information content (AvgIpc) is 2.55. The van der Waals surface area contributed by atoms with Gasteiger partial charge >= 0.3 is 0 Å². The van der Waals surface area contributed by atoms with E-state index in [9.17, 15) is 14.3 Å². The summed E-state index contributed by atoms with van der Waals surface area (Å²) >= 11 is 0. The second-order valence-electron chi connectivity index (χ2n) is 6.66. The van der Waals surface area contributed by atoms with E-state index in [1.165, 1.54) is 12.1 Å². The van der Waals surface area contributed by atoms with Gasteiger partial charge in [0.05, 0.1) is 31.8 Å². The van der Waals surface area contributed by atoms with Crippen molar-refractivity contribution in [3.63, 3.8) is 0 Å². The highest BCUT2D eigenvalue weighted by molar-refractivity contribution is 5.85. The fraction of sp³-hybridized carbons (Fsp3) is 0.611. The van der Waals surface area contributed by atoms with Crippen molar-refractivity contribution in [3.05, 3.63) is 35.6 Å². The maximum Gasteiger partial charge on any atom is 0.225 e. The van der Waals surface area contributed by atoms with Crippen LogP contribution >= 0.6 is 12.4 Å². The first-order valence-electron chi connectivity index (χ1n) is 8.49. The predicted molar refractivity (Wildman–Crippen MR) is 97.3 cm³/mol. The average molecular weight is 375 g/mol. The molecule has 0 bridgehead atoms. The maximum absolute atomic E-state index is 13.0. The van der Waals surface area contributed by atoms with Crippen LogP contribution in [-0.4, -0.2) is 54.8 Å². The fourth-order valence-electron chi connectivity index (χ4n) is 2.79. The second kappa shape index (κ2) is 10.7. The third-order valence-electron chi connectivity index (χ3n) is 3.99. The number of halogens is 2. The van der Waals surface area contributed by atoms with Gasteiger partial charge in [-0.25, -0.2) is 4.39 Å². The van der Waals surface area contributed by atoms with E-state index in [2.05, 4.69) is 5.32 Å². The zero-order chi connectivity index (χ0) is 17.5. The van der Waals surface area contributed by atoms with Gasteiger partial charge in [-0.05, 0) is 23.6 Å². The Balaban J connectivity index is 0.00000312. The van der Waals surface area contributed by atoms with Gasteiger partial charge in [0.15, 0.2) is 0 Å². The molecule has 0 saturated carbocycles. The van der Waals surface area contributed by atoms with Gasteiger partial charge in [0.1, 0.15) is 5.82 Å². The van der Waals surface area contributed by atoms with Crippen molar-refractivity contribution >= 4 is 18.3 Å². The number of amides is 1. The molecule has 0 spiro atoms. The van der Waals surface area contributed by atoms with Crippen molar-refractivity contribution < 1.29 is 19.0 Å². The molecule has 1 aromatic rings. The number of aliphatic hydroxyl groups is 1. The Kier molecular flexibility index (Phi) is 9.35. The second-order valence-corrected chi connectivity index (χ2v) is 6.66. The quantitative estimate of drug-likeness (QED) is 0.767. The van der Waals surface area contributed by atoms with Crippen LogP contribution in [-0.2, 0) is 9.53 Å². The number of carbonyl (C=O) groups excluding carboxylic acids is 1. The summed E-state index contributed by atoms with van der Waals surface area (Å²) < 4.78 is 18.6. The summed E-state index contributed by atoms with van der Waals surface area (Å²) in [4.78, 5) is 14.3. The number of hydrogen-bond donors (Lipinski definition) is 2. The van der Waals surface area contributed by atoms with Crippen LogP contribution in [0.15, 0.2) is 24.3 Å². The number of nitrogens with zero attached hydrogens (tertiary/aromatic N) is 1. The standard InChI is InChI=1S/C18H27FN2O3.ClH/c1-13(2)11-21(18(23)9-16-10-20-7-8-24-16)12-17(22)14-3-5-15(19)6-4-14;/h3-6,13,16-17,20,22H,7-12H2,1-2H3;1H. The van der Waals surface area contributed by atoms with E-state index in [1.807, 2.05) is 13.8 Å². The Morgan fingerprint density at radius 2 is 2.04 bits per heavy atom. The number of morpholine rings is 1. The van der Waals surface area contributed by atoms with Gasteiger partial charge in [0.2, 0.25) is 5.91 Å². The first-order chi connectivity index (χ1) is 11.5. The highest BCUT2D eigenvalue weighted by Crippen LogP contribution is 2.17. The predicted octanol–water partition coefficient (Wildman–Crippen LogP) is 2.14. The minimum absolute atomic E-state index is 0. The third-order valence-corrected chi connectivity index (χ3v) is 3.99. The smallest absolute Gasteiger partial charge is 0.225 e. The number of aliphatic hydroxyl groups excluding tert-OH is 1. The molecule has 1 saturated heterocycles. The molecule has 2 unspecified atom stereocenters. The first kappa shape index (κ1) is 21.8. The SMILES string of the molecule is CC(C)CN(CC(O)c1ccc(F)cc1)C(=O)CC1CNCCO1.Cl. The minimum atomic E-state index is -0.835. The van der Waals surface area contributed by atoms with Crippen molar-refractivity contribution in [3.8, 4) is 0 Å². The van der Waals surface area contributed by atoms with Gasteiger partial charge in [0, 0.05) is 19.6 Å². The van der Waals surface area contributed by atoms with Gasteiger partial charge in [-0.15, -0.1) is 12.4 Å². The third kappa shape index (κ3) is 7.28. The lowest BCUT2D eigenvalue weighted by molar-refractivity contribution is -0.136. The van der Waals surface area contributed by atoms with Gasteiger partial charge in [-0.2, -0.15) is 0 Å². The highest BCUT2D eigenvalue weighted by Gasteiger charge is 2.24. The Hall–Kier alpha value is -1.21. The van der Waals surface area contributed by atoms with E-state index in [-0.39, 0.29) is 36.8 Å². The van der Waals surface area contributed by atoms with Crippen molar-refractivity contribution in [1.29, 1.82) is 0 Å². The van der Waals surface area contributed by atoms with Crippen LogP contribution < -0.4 is 5.32 Å². The molecule has 1 aliphatic rings. The molecule has 5 nitrogen and oxygen atoms in total. The van der Waals surface area contributed by atoms with Crippen molar-refractivity contribution in [2.75, 3.05) is 32.8 Å². The van der Waals surface area contributed by atoms with E-state index in [0.717, 1.165) is 6.54 Å². The van der Waals surface area contributed by atoms with E-state index in [1.54, 1.807) is 17.0 Å². The van der Waals surface area contributed by atoms with Crippen LogP contribution in [0, 0.1) is 11.7 Å². The number of carbonyl (C=O) groups is 1. The molecule has 1 aromatic carbocycles. The Morgan fingerprint density at radius 1 is 1.36 bits per heavy atom. The van der Waals surface area contributed by atoms with E-state index >= 15 is 0 Å². The molecule has 0 aromatic heterocycles. The summed E-state index contributed by atoms with van der Waals surface area (Å²) in [6, 6.07) is 5.72. The lowest BCUT2D eigenvalue weighted by Gasteiger charge is -2.30. The number of ether oxygens (including phenoxy) is 1. The van der Waals surface area contributed by atoms with Crippen LogP contribution in [0.3, 0.4) is 0 Å². The lowest BCUT2D eigenvalue weighted by atomic mass is 10.1. The highest BCUT2D eigenvalue weighted by atomic mass is 35.5. The lowest BCUT2D eigenvalue weighted by Crippen LogP contribution is -2.44. The fourth-order valence-corrected chi connectivity index (χ4v) is 2.79. The summed E-state index contributed by atoms with van der Waals surface area (Å²) in [5, 5.41) is 13.6. The Bertz CT molecular complexity index is 522. The van der Waals surface area contributed by atoms with E-state index in [0.29, 0.717) is 37.6 Å². The van der Waals surface area contributed by atoms with Gasteiger partial charge in [-0.1, -0.05) is 26.0 Å². The molecule has 142 valence electrons. The number of benzene rings is 1. The topological polar surface area (TPSA) is 61.8 Å². The molecule has 25 heavy (non-hydrogen) atoms. The zero-order valence-corrected chi connectivity index (χ0v) is 15.6. The van der Waals surface area contributed by atoms with Crippen LogP contribution in [0.5, 0.6) is 0 Å². The van der Waals surface area contributed by atoms with Crippen LogP contribution in [0.25, 0.3) is 0 Å². The Morgan fingerprint density at radius 3 is 2.60 bits per heavy atom. The van der Waals surface area contributed by atoms with Crippen LogP contribution in [0.4, 0.5) is 4.39 Å². The maximum atomic E-state index is 13.0. The summed E-state index contributed by atoms with van der Waals surface area (Å²) in [6.07, 6.45) is -0.655. The molecule has 1 heterocycles. The summed E-state index contributed by atoms with van der Waals surface area (Å²) in [5.41, 5.74) is 0.605. The molecule has 2 rings (SSSR count). The number of rotatable bonds is 7. The molecule has 7 heteroatoms. The van der Waals surface area contributed by atoms with Gasteiger partial charge in [-0.3, -0.25) is 4.79 Å². The van der Waals surface area contributed by atoms with Crippen molar-refractivity contribution in [1.82, 2.24) is 10.2 Å². The number of nitrogens with one attached hydrogen (secondary N) is 1. The summed E-state index contributed by atoms with van der Waals surface area (Å²) in [6.45, 7) is 6.91. The molecule has 1 aliphatic heterocycles. The molecule has 2 atom stereocenters. The molecule has 2 N–H and O–H groups in total. The zero-order valence-electron chi connectivity index (χ0n) is 14.8. The molecule has 0 aliphatic carbocycles. The van der Waals surface area contributed by atoms with Crippen molar-refractivity contribution in [2.24, 2.45) is 5.92 Å². The molecule has 1 fully saturated rings. The molecule has 0 radical (unpaired) electrons. The summed E-state index contributed by atoms with van der Waals surface area (Å²) in [5.74, 6) is -0.0821. The van der Waals surface area contributed by atoms with Crippen molar-refractivity contribution in [2.45, 2.75) is 32.5 Å². The summed E-state index contributed by atoms with van der Waals surface area (Å²) in [7, 11) is 0. The molecule has 1 amide bonds. The van der Waals surface area contributed by atoms with E-state index in [4.69, 9.17) is 4.74 Å². The van der Waals surface area contributed by atoms with Gasteiger partial charge in [0.25, 0.3) is 0 Å². The Labute approximate surface area is 155 Å². The minimum Gasteiger partial charge on any atom is -0.387 e. The monoisotopic (exact) mass is 374 g/mol. The number of hydrogen-bond acceptors (Lipinski definition) is 4.